The Hall–Kier alpha value is -3.07. The van der Waals surface area contributed by atoms with Crippen molar-refractivity contribution in [3.63, 3.8) is 0 Å². The first-order chi connectivity index (χ1) is 16.7. The molecule has 0 spiro atoms. The number of ether oxygens (including phenoxy) is 1. The van der Waals surface area contributed by atoms with Crippen molar-refractivity contribution in [2.75, 3.05) is 6.61 Å². The first-order valence-electron chi connectivity index (χ1n) is 10.1. The van der Waals surface area contributed by atoms with Gasteiger partial charge in [0.25, 0.3) is 5.56 Å². The fourth-order valence-electron chi connectivity index (χ4n) is 3.77. The van der Waals surface area contributed by atoms with Crippen LogP contribution in [0.5, 0.6) is 0 Å². The number of carbonyl (C=O) groups excluding carboxylic acids is 1. The molecule has 1 aromatic heterocycles. The van der Waals surface area contributed by atoms with Gasteiger partial charge in [-0.05, 0) is 49.4 Å². The Morgan fingerprint density at radius 1 is 1.23 bits per heavy atom. The van der Waals surface area contributed by atoms with Crippen LogP contribution in [0.1, 0.15) is 24.0 Å². The van der Waals surface area contributed by atoms with Crippen LogP contribution in [-0.2, 0) is 9.53 Å². The van der Waals surface area contributed by atoms with Gasteiger partial charge in [-0.2, -0.15) is 5.26 Å². The molecule has 6 nitrogen and oxygen atoms in total. The molecule has 2 aromatic carbocycles. The van der Waals surface area contributed by atoms with Crippen LogP contribution in [0.25, 0.3) is 17.5 Å². The molecule has 178 valence electrons. The summed E-state index contributed by atoms with van der Waals surface area (Å²) in [5.41, 5.74) is 5.45. The molecule has 4 rings (SSSR count). The molecule has 11 heteroatoms. The number of thiazole rings is 1. The SMILES string of the molecule is CCOC(=O)C1=c2sc(=Cc3cc(Br)ccc3F)c(=O)n2C(N)=C(C#N)[C@@H]1c1cc(Br)ccc1F. The first kappa shape index (κ1) is 25.0. The second-order valence-electron chi connectivity index (χ2n) is 7.37. The second-order valence-corrected chi connectivity index (χ2v) is 10.2. The van der Waals surface area contributed by atoms with Crippen molar-refractivity contribution in [1.29, 1.82) is 5.26 Å². The van der Waals surface area contributed by atoms with Crippen LogP contribution in [0.15, 0.2) is 55.7 Å². The normalized spacial score (nSPS) is 15.7. The van der Waals surface area contributed by atoms with Gasteiger partial charge in [0, 0.05) is 20.1 Å². The summed E-state index contributed by atoms with van der Waals surface area (Å²) < 4.78 is 36.8. The number of nitrogens with zero attached hydrogens (tertiary/aromatic N) is 2. The van der Waals surface area contributed by atoms with Crippen molar-refractivity contribution in [3.8, 4) is 6.07 Å². The number of allylic oxidation sites excluding steroid dienone is 1. The number of nitrogens with two attached hydrogens (primary N) is 1. The molecule has 3 aromatic rings. The minimum atomic E-state index is -1.22. The minimum Gasteiger partial charge on any atom is -0.463 e. The maximum Gasteiger partial charge on any atom is 0.338 e. The lowest BCUT2D eigenvalue weighted by atomic mass is 9.83. The van der Waals surface area contributed by atoms with Gasteiger partial charge in [0.05, 0.1) is 34.3 Å². The van der Waals surface area contributed by atoms with E-state index in [1.165, 1.54) is 42.5 Å². The summed E-state index contributed by atoms with van der Waals surface area (Å²) >= 11 is 7.43. The number of rotatable bonds is 4. The number of esters is 1. The molecule has 35 heavy (non-hydrogen) atoms. The molecule has 0 aliphatic carbocycles. The summed E-state index contributed by atoms with van der Waals surface area (Å²) in [6, 6.07) is 10.3. The predicted molar refractivity (Wildman–Crippen MR) is 135 cm³/mol. The van der Waals surface area contributed by atoms with Gasteiger partial charge >= 0.3 is 5.97 Å². The molecule has 0 saturated heterocycles. The number of carbonyl (C=O) groups is 1. The highest BCUT2D eigenvalue weighted by Crippen LogP contribution is 2.38. The van der Waals surface area contributed by atoms with Crippen LogP contribution >= 0.6 is 43.2 Å². The van der Waals surface area contributed by atoms with Gasteiger partial charge in [0.15, 0.2) is 0 Å². The van der Waals surface area contributed by atoms with Crippen molar-refractivity contribution >= 4 is 66.6 Å². The van der Waals surface area contributed by atoms with Crippen molar-refractivity contribution in [2.45, 2.75) is 12.8 Å². The zero-order chi connectivity index (χ0) is 25.4. The van der Waals surface area contributed by atoms with Crippen LogP contribution in [0, 0.1) is 23.0 Å². The molecule has 1 aliphatic rings. The lowest BCUT2D eigenvalue weighted by Crippen LogP contribution is -2.40. The fourth-order valence-corrected chi connectivity index (χ4v) is 5.68. The molecule has 2 N–H and O–H groups in total. The Bertz CT molecular complexity index is 1640. The molecule has 2 heterocycles. The van der Waals surface area contributed by atoms with Crippen LogP contribution in [-0.4, -0.2) is 17.1 Å². The van der Waals surface area contributed by atoms with Crippen LogP contribution in [0.2, 0.25) is 0 Å². The highest BCUT2D eigenvalue weighted by molar-refractivity contribution is 9.10. The predicted octanol–water partition coefficient (Wildman–Crippen LogP) is 3.70. The Labute approximate surface area is 218 Å². The van der Waals surface area contributed by atoms with E-state index in [-0.39, 0.29) is 43.9 Å². The summed E-state index contributed by atoms with van der Waals surface area (Å²) in [6.07, 6.45) is 1.33. The van der Waals surface area contributed by atoms with E-state index in [1.54, 1.807) is 6.92 Å². The van der Waals surface area contributed by atoms with Gasteiger partial charge < -0.3 is 10.5 Å². The number of aromatic nitrogens is 1. The van der Waals surface area contributed by atoms with E-state index in [0.717, 1.165) is 15.9 Å². The second kappa shape index (κ2) is 9.89. The molecular weight excluding hydrogens is 608 g/mol. The van der Waals surface area contributed by atoms with E-state index in [4.69, 9.17) is 10.5 Å². The average molecular weight is 623 g/mol. The number of benzene rings is 2. The van der Waals surface area contributed by atoms with Gasteiger partial charge in [0.2, 0.25) is 0 Å². The van der Waals surface area contributed by atoms with Gasteiger partial charge in [-0.1, -0.05) is 31.9 Å². The smallest absolute Gasteiger partial charge is 0.338 e. The summed E-state index contributed by atoms with van der Waals surface area (Å²) in [4.78, 5) is 26.4. The summed E-state index contributed by atoms with van der Waals surface area (Å²) in [7, 11) is 0. The number of hydrogen-bond acceptors (Lipinski definition) is 6. The molecule has 1 aliphatic heterocycles. The molecule has 0 unspecified atom stereocenters. The van der Waals surface area contributed by atoms with Crippen molar-refractivity contribution < 1.29 is 18.3 Å². The third-order valence-corrected chi connectivity index (χ3v) is 7.37. The van der Waals surface area contributed by atoms with Gasteiger partial charge in [0.1, 0.15) is 22.1 Å². The maximum absolute atomic E-state index is 15.0. The summed E-state index contributed by atoms with van der Waals surface area (Å²) in [5.74, 6) is -3.52. The molecule has 0 fully saturated rings. The van der Waals surface area contributed by atoms with Gasteiger partial charge in [-0.25, -0.2) is 13.6 Å². The fraction of sp³-hybridized carbons (Fsp3) is 0.125. The summed E-state index contributed by atoms with van der Waals surface area (Å²) in [6.45, 7) is 1.61. The molecule has 0 bridgehead atoms. The van der Waals surface area contributed by atoms with Crippen molar-refractivity contribution in [3.05, 3.63) is 93.2 Å². The topological polar surface area (TPSA) is 98.1 Å². The zero-order valence-electron chi connectivity index (χ0n) is 17.9. The van der Waals surface area contributed by atoms with E-state index in [2.05, 4.69) is 31.9 Å². The van der Waals surface area contributed by atoms with Crippen LogP contribution < -0.4 is 20.5 Å². The first-order valence-corrected chi connectivity index (χ1v) is 12.5. The lowest BCUT2D eigenvalue weighted by molar-refractivity contribution is -0.136. The van der Waals surface area contributed by atoms with Gasteiger partial charge in [-0.15, -0.1) is 11.3 Å². The molecular formula is C24H15Br2F2N3O3S. The van der Waals surface area contributed by atoms with Crippen molar-refractivity contribution in [1.82, 2.24) is 4.57 Å². The standard InChI is InChI=1S/C24H15Br2F2N3O3S/c1-2-34-24(33)20-19(14-9-13(26)4-6-17(14)28)15(10-29)21(30)31-22(32)18(35-23(20)31)8-11-7-12(25)3-5-16(11)27/h3-9,19H,2,30H2,1H3/t19-/m0/s1. The number of hydrogen-bond donors (Lipinski definition) is 1. The Morgan fingerprint density at radius 2 is 1.89 bits per heavy atom. The monoisotopic (exact) mass is 621 g/mol. The number of fused-ring (bicyclic) bond motifs is 1. The van der Waals surface area contributed by atoms with E-state index in [1.807, 2.05) is 6.07 Å². The Morgan fingerprint density at radius 3 is 2.54 bits per heavy atom. The van der Waals surface area contributed by atoms with Crippen LogP contribution in [0.4, 0.5) is 8.78 Å². The largest absolute Gasteiger partial charge is 0.463 e. The lowest BCUT2D eigenvalue weighted by Gasteiger charge is -2.25. The van der Waals surface area contributed by atoms with Gasteiger partial charge in [-0.3, -0.25) is 9.36 Å². The van der Waals surface area contributed by atoms with E-state index in [0.29, 0.717) is 8.95 Å². The Kier molecular flexibility index (Phi) is 7.07. The van der Waals surface area contributed by atoms with Crippen LogP contribution in [0.3, 0.4) is 0 Å². The molecule has 0 amide bonds. The summed E-state index contributed by atoms with van der Waals surface area (Å²) in [5, 5.41) is 9.95. The van der Waals surface area contributed by atoms with E-state index in [9.17, 15) is 23.6 Å². The highest BCUT2D eigenvalue weighted by Gasteiger charge is 2.37. The molecule has 0 radical (unpaired) electrons. The molecule has 1 atom stereocenters. The quantitative estimate of drug-likeness (QED) is 0.448. The zero-order valence-corrected chi connectivity index (χ0v) is 21.9. The average Bonchev–Trinajstić information content (AvgIpc) is 3.13. The highest BCUT2D eigenvalue weighted by atomic mass is 79.9. The van der Waals surface area contributed by atoms with E-state index < -0.39 is 29.1 Å². The number of halogens is 4. The van der Waals surface area contributed by atoms with E-state index >= 15 is 0 Å². The van der Waals surface area contributed by atoms with Crippen molar-refractivity contribution in [2.24, 2.45) is 5.73 Å². The Balaban J connectivity index is 2.14. The third-order valence-electron chi connectivity index (χ3n) is 5.28. The third kappa shape index (κ3) is 4.49. The minimum absolute atomic E-state index is 0.00887. The maximum atomic E-state index is 15.0. The number of nitriles is 1. The molecule has 0 saturated carbocycles.